The summed E-state index contributed by atoms with van der Waals surface area (Å²) < 4.78 is 10.4. The first-order valence-corrected chi connectivity index (χ1v) is 9.95. The van der Waals surface area contributed by atoms with E-state index in [1.165, 1.54) is 0 Å². The molecule has 0 amide bonds. The predicted octanol–water partition coefficient (Wildman–Crippen LogP) is 6.22. The van der Waals surface area contributed by atoms with Crippen molar-refractivity contribution in [2.24, 2.45) is 5.92 Å². The van der Waals surface area contributed by atoms with Gasteiger partial charge in [0.15, 0.2) is 0 Å². The zero-order chi connectivity index (χ0) is 19.4. The normalized spacial score (nSPS) is 10.8. The maximum Gasteiger partial charge on any atom is 0.311 e. The highest BCUT2D eigenvalue weighted by atomic mass is 35.5. The molecule has 26 heavy (non-hydrogen) atoms. The second-order valence-electron chi connectivity index (χ2n) is 6.78. The molecule has 1 aromatic carbocycles. The first-order valence-electron chi connectivity index (χ1n) is 9.19. The van der Waals surface area contributed by atoms with E-state index in [0.717, 1.165) is 38.5 Å². The van der Waals surface area contributed by atoms with Gasteiger partial charge in [-0.05, 0) is 37.0 Å². The minimum Gasteiger partial charge on any atom is -0.465 e. The number of hydrogen-bond donors (Lipinski definition) is 0. The zero-order valence-electron chi connectivity index (χ0n) is 15.6. The van der Waals surface area contributed by atoms with Gasteiger partial charge >= 0.3 is 11.9 Å². The molecule has 0 heterocycles. The third kappa shape index (κ3) is 11.4. The standard InChI is InChI=1S/C20H28Cl2O4/c1-15(2)14-25-19(23)9-7-5-3-4-6-8-10-20(24)26-18-12-16(21)11-17(22)13-18/h11-13,15H,3-10,14H2,1-2H3. The largest absolute Gasteiger partial charge is 0.465 e. The monoisotopic (exact) mass is 402 g/mol. The fourth-order valence-corrected chi connectivity index (χ4v) is 2.85. The Labute approximate surface area is 166 Å². The molecule has 0 atom stereocenters. The fraction of sp³-hybridized carbons (Fsp3) is 0.600. The maximum absolute atomic E-state index is 11.8. The first kappa shape index (κ1) is 22.8. The lowest BCUT2D eigenvalue weighted by molar-refractivity contribution is -0.144. The molecule has 0 saturated carbocycles. The lowest BCUT2D eigenvalue weighted by Gasteiger charge is -2.07. The Morgan fingerprint density at radius 3 is 1.88 bits per heavy atom. The number of carbonyl (C=O) groups is 2. The van der Waals surface area contributed by atoms with E-state index in [4.69, 9.17) is 32.7 Å². The van der Waals surface area contributed by atoms with Crippen LogP contribution in [0.4, 0.5) is 0 Å². The van der Waals surface area contributed by atoms with Gasteiger partial charge in [-0.1, -0.05) is 62.7 Å². The Kier molecular flexibility index (Phi) is 11.4. The van der Waals surface area contributed by atoms with Crippen molar-refractivity contribution >= 4 is 35.1 Å². The second kappa shape index (κ2) is 13.0. The number of esters is 2. The van der Waals surface area contributed by atoms with Crippen molar-refractivity contribution in [1.29, 1.82) is 0 Å². The number of unbranched alkanes of at least 4 members (excludes halogenated alkanes) is 5. The molecule has 146 valence electrons. The summed E-state index contributed by atoms with van der Waals surface area (Å²) in [5, 5.41) is 0.877. The van der Waals surface area contributed by atoms with Crippen LogP contribution in [0.25, 0.3) is 0 Å². The van der Waals surface area contributed by atoms with Crippen LogP contribution in [0.2, 0.25) is 10.0 Å². The number of halogens is 2. The molecular weight excluding hydrogens is 375 g/mol. The molecule has 0 unspecified atom stereocenters. The van der Waals surface area contributed by atoms with Crippen LogP contribution >= 0.6 is 23.2 Å². The van der Waals surface area contributed by atoms with Crippen molar-refractivity contribution in [2.75, 3.05) is 6.61 Å². The number of hydrogen-bond acceptors (Lipinski definition) is 4. The summed E-state index contributed by atoms with van der Waals surface area (Å²) in [7, 11) is 0. The number of benzene rings is 1. The van der Waals surface area contributed by atoms with E-state index >= 15 is 0 Å². The van der Waals surface area contributed by atoms with Crippen LogP contribution in [0, 0.1) is 5.92 Å². The van der Waals surface area contributed by atoms with Crippen molar-refractivity contribution < 1.29 is 19.1 Å². The minimum absolute atomic E-state index is 0.109. The molecule has 1 rings (SSSR count). The van der Waals surface area contributed by atoms with Gasteiger partial charge in [-0.15, -0.1) is 0 Å². The molecular formula is C20H28Cl2O4. The van der Waals surface area contributed by atoms with E-state index in [2.05, 4.69) is 0 Å². The summed E-state index contributed by atoms with van der Waals surface area (Å²) in [6, 6.07) is 4.72. The highest BCUT2D eigenvalue weighted by Crippen LogP contribution is 2.24. The van der Waals surface area contributed by atoms with Crippen LogP contribution in [0.1, 0.15) is 65.2 Å². The van der Waals surface area contributed by atoms with E-state index in [0.29, 0.717) is 41.2 Å². The molecule has 0 N–H and O–H groups in total. The zero-order valence-corrected chi connectivity index (χ0v) is 17.1. The summed E-state index contributed by atoms with van der Waals surface area (Å²) in [4.78, 5) is 23.3. The Balaban J connectivity index is 2.01. The van der Waals surface area contributed by atoms with Crippen LogP contribution in [0.5, 0.6) is 5.75 Å². The van der Waals surface area contributed by atoms with Crippen molar-refractivity contribution in [3.05, 3.63) is 28.2 Å². The van der Waals surface area contributed by atoms with Crippen molar-refractivity contribution in [2.45, 2.75) is 65.2 Å². The second-order valence-corrected chi connectivity index (χ2v) is 7.65. The van der Waals surface area contributed by atoms with Crippen LogP contribution < -0.4 is 4.74 Å². The molecule has 0 aliphatic rings. The third-order valence-electron chi connectivity index (χ3n) is 3.66. The first-order chi connectivity index (χ1) is 12.4. The highest BCUT2D eigenvalue weighted by molar-refractivity contribution is 6.34. The fourth-order valence-electron chi connectivity index (χ4n) is 2.35. The van der Waals surface area contributed by atoms with E-state index in [1.54, 1.807) is 18.2 Å². The van der Waals surface area contributed by atoms with Crippen LogP contribution in [0.15, 0.2) is 18.2 Å². The Bertz CT molecular complexity index is 553. The Hall–Kier alpha value is -1.26. The van der Waals surface area contributed by atoms with Gasteiger partial charge in [0.05, 0.1) is 6.61 Å². The highest BCUT2D eigenvalue weighted by Gasteiger charge is 2.07. The molecule has 0 bridgehead atoms. The van der Waals surface area contributed by atoms with Crippen LogP contribution in [-0.4, -0.2) is 18.5 Å². The molecule has 0 spiro atoms. The summed E-state index contributed by atoms with van der Waals surface area (Å²) >= 11 is 11.7. The van der Waals surface area contributed by atoms with Crippen LogP contribution in [-0.2, 0) is 14.3 Å². The summed E-state index contributed by atoms with van der Waals surface area (Å²) in [5.74, 6) is 0.358. The Morgan fingerprint density at radius 2 is 1.35 bits per heavy atom. The summed E-state index contributed by atoms with van der Waals surface area (Å²) in [5.41, 5.74) is 0. The maximum atomic E-state index is 11.8. The summed E-state index contributed by atoms with van der Waals surface area (Å²) in [6.45, 7) is 4.54. The minimum atomic E-state index is -0.281. The molecule has 0 aliphatic carbocycles. The van der Waals surface area contributed by atoms with Gasteiger partial charge in [0.25, 0.3) is 0 Å². The van der Waals surface area contributed by atoms with Gasteiger partial charge in [-0.3, -0.25) is 9.59 Å². The van der Waals surface area contributed by atoms with Crippen molar-refractivity contribution in [1.82, 2.24) is 0 Å². The van der Waals surface area contributed by atoms with Crippen molar-refractivity contribution in [3.63, 3.8) is 0 Å². The lowest BCUT2D eigenvalue weighted by Crippen LogP contribution is -2.09. The number of carbonyl (C=O) groups excluding carboxylic acids is 2. The molecule has 0 aromatic heterocycles. The topological polar surface area (TPSA) is 52.6 Å². The molecule has 4 nitrogen and oxygen atoms in total. The van der Waals surface area contributed by atoms with Crippen LogP contribution in [0.3, 0.4) is 0 Å². The van der Waals surface area contributed by atoms with Gasteiger partial charge in [-0.25, -0.2) is 0 Å². The SMILES string of the molecule is CC(C)COC(=O)CCCCCCCCC(=O)Oc1cc(Cl)cc(Cl)c1. The lowest BCUT2D eigenvalue weighted by atomic mass is 10.1. The van der Waals surface area contributed by atoms with Gasteiger partial charge in [0.2, 0.25) is 0 Å². The molecule has 0 saturated heterocycles. The van der Waals surface area contributed by atoms with E-state index < -0.39 is 0 Å². The molecule has 0 radical (unpaired) electrons. The van der Waals surface area contributed by atoms with Gasteiger partial charge in [0, 0.05) is 22.9 Å². The molecule has 6 heteroatoms. The molecule has 0 fully saturated rings. The van der Waals surface area contributed by atoms with E-state index in [9.17, 15) is 9.59 Å². The van der Waals surface area contributed by atoms with E-state index in [-0.39, 0.29) is 11.9 Å². The molecule has 1 aromatic rings. The average Bonchev–Trinajstić information content (AvgIpc) is 2.54. The van der Waals surface area contributed by atoms with Crippen molar-refractivity contribution in [3.8, 4) is 5.75 Å². The smallest absolute Gasteiger partial charge is 0.311 e. The average molecular weight is 403 g/mol. The van der Waals surface area contributed by atoms with Gasteiger partial charge in [-0.2, -0.15) is 0 Å². The van der Waals surface area contributed by atoms with E-state index in [1.807, 2.05) is 13.8 Å². The number of rotatable bonds is 12. The summed E-state index contributed by atoms with van der Waals surface area (Å²) in [6.07, 6.45) is 6.55. The molecule has 0 aliphatic heterocycles. The van der Waals surface area contributed by atoms with Gasteiger partial charge < -0.3 is 9.47 Å². The van der Waals surface area contributed by atoms with Gasteiger partial charge in [0.1, 0.15) is 5.75 Å². The Morgan fingerprint density at radius 1 is 0.846 bits per heavy atom. The number of ether oxygens (including phenoxy) is 2. The predicted molar refractivity (Wildman–Crippen MR) is 105 cm³/mol. The quantitative estimate of drug-likeness (QED) is 0.236. The third-order valence-corrected chi connectivity index (χ3v) is 4.09.